The molecule has 0 atom stereocenters. The standard InChI is InChI=1S/C11H10F3N/c12-11(13,14)10(5-6-10)9-3-1-8(7-15)2-4-9/h1-6H,7,15H2. The number of allylic oxidation sites excluding steroid dienone is 2. The second kappa shape index (κ2) is 3.10. The lowest BCUT2D eigenvalue weighted by molar-refractivity contribution is -0.153. The lowest BCUT2D eigenvalue weighted by Gasteiger charge is -2.20. The van der Waals surface area contributed by atoms with Crippen LogP contribution in [0, 0.1) is 0 Å². The number of hydrogen-bond acceptors (Lipinski definition) is 1. The molecule has 0 spiro atoms. The number of hydrogen-bond donors (Lipinski definition) is 1. The van der Waals surface area contributed by atoms with Crippen molar-refractivity contribution >= 4 is 0 Å². The van der Waals surface area contributed by atoms with Crippen LogP contribution in [0.3, 0.4) is 0 Å². The summed E-state index contributed by atoms with van der Waals surface area (Å²) in [7, 11) is 0. The highest BCUT2D eigenvalue weighted by atomic mass is 19.4. The molecule has 0 aromatic heterocycles. The van der Waals surface area contributed by atoms with E-state index >= 15 is 0 Å². The number of nitrogens with two attached hydrogens (primary N) is 1. The van der Waals surface area contributed by atoms with E-state index in [1.54, 1.807) is 12.1 Å². The van der Waals surface area contributed by atoms with Crippen molar-refractivity contribution < 1.29 is 13.2 Å². The fraction of sp³-hybridized carbons (Fsp3) is 0.273. The van der Waals surface area contributed by atoms with Crippen molar-refractivity contribution in [3.8, 4) is 0 Å². The van der Waals surface area contributed by atoms with Gasteiger partial charge in [-0.1, -0.05) is 36.4 Å². The highest BCUT2D eigenvalue weighted by Gasteiger charge is 2.58. The molecule has 1 aliphatic carbocycles. The maximum Gasteiger partial charge on any atom is 0.405 e. The maximum atomic E-state index is 12.7. The molecule has 0 saturated carbocycles. The summed E-state index contributed by atoms with van der Waals surface area (Å²) in [6.07, 6.45) is -1.90. The third-order valence-electron chi connectivity index (χ3n) is 2.64. The maximum absolute atomic E-state index is 12.7. The Labute approximate surface area is 85.4 Å². The molecule has 1 aromatic carbocycles. The topological polar surface area (TPSA) is 26.0 Å². The molecular weight excluding hydrogens is 203 g/mol. The van der Waals surface area contributed by atoms with Crippen LogP contribution < -0.4 is 5.73 Å². The van der Waals surface area contributed by atoms with Gasteiger partial charge < -0.3 is 5.73 Å². The summed E-state index contributed by atoms with van der Waals surface area (Å²) in [6.45, 7) is 0.340. The van der Waals surface area contributed by atoms with Crippen LogP contribution in [0.25, 0.3) is 0 Å². The van der Waals surface area contributed by atoms with E-state index in [4.69, 9.17) is 5.73 Å². The first-order valence-electron chi connectivity index (χ1n) is 4.56. The Kier molecular flexibility index (Phi) is 2.12. The largest absolute Gasteiger partial charge is 0.405 e. The van der Waals surface area contributed by atoms with E-state index in [0.717, 1.165) is 5.56 Å². The minimum absolute atomic E-state index is 0.257. The van der Waals surface area contributed by atoms with Gasteiger partial charge in [-0.25, -0.2) is 0 Å². The van der Waals surface area contributed by atoms with Crippen molar-refractivity contribution in [2.24, 2.45) is 5.73 Å². The molecule has 15 heavy (non-hydrogen) atoms. The third-order valence-corrected chi connectivity index (χ3v) is 2.64. The van der Waals surface area contributed by atoms with E-state index in [1.165, 1.54) is 24.3 Å². The Hall–Kier alpha value is -1.29. The van der Waals surface area contributed by atoms with Crippen LogP contribution in [-0.2, 0) is 12.0 Å². The molecule has 4 heteroatoms. The Balaban J connectivity index is 2.31. The van der Waals surface area contributed by atoms with Crippen LogP contribution in [0.15, 0.2) is 36.4 Å². The van der Waals surface area contributed by atoms with Gasteiger partial charge in [0.15, 0.2) is 0 Å². The number of alkyl halides is 3. The molecule has 0 unspecified atom stereocenters. The zero-order valence-electron chi connectivity index (χ0n) is 7.88. The zero-order chi connectivity index (χ0) is 11.1. The van der Waals surface area contributed by atoms with Gasteiger partial charge in [-0.15, -0.1) is 0 Å². The third kappa shape index (κ3) is 1.55. The molecule has 2 rings (SSSR count). The van der Waals surface area contributed by atoms with Crippen molar-refractivity contribution in [3.05, 3.63) is 47.5 Å². The lowest BCUT2D eigenvalue weighted by Crippen LogP contribution is -2.30. The van der Waals surface area contributed by atoms with Gasteiger partial charge in [-0.2, -0.15) is 13.2 Å². The summed E-state index contributed by atoms with van der Waals surface area (Å²) in [5.74, 6) is 0. The van der Waals surface area contributed by atoms with Gasteiger partial charge >= 0.3 is 6.18 Å². The smallest absolute Gasteiger partial charge is 0.326 e. The predicted octanol–water partition coefficient (Wildman–Crippen LogP) is 2.52. The Morgan fingerprint density at radius 1 is 1.07 bits per heavy atom. The van der Waals surface area contributed by atoms with Crippen molar-refractivity contribution in [2.75, 3.05) is 0 Å². The molecule has 0 radical (unpaired) electrons. The summed E-state index contributed by atoms with van der Waals surface area (Å²) in [5, 5.41) is 0. The van der Waals surface area contributed by atoms with Crippen LogP contribution >= 0.6 is 0 Å². The van der Waals surface area contributed by atoms with Crippen LogP contribution in [0.5, 0.6) is 0 Å². The van der Waals surface area contributed by atoms with Gasteiger partial charge in [0, 0.05) is 6.54 Å². The first-order valence-corrected chi connectivity index (χ1v) is 4.56. The molecule has 1 aromatic rings. The second-order valence-corrected chi connectivity index (χ2v) is 3.60. The molecule has 1 nitrogen and oxygen atoms in total. The monoisotopic (exact) mass is 213 g/mol. The SMILES string of the molecule is NCc1ccc(C2(C(F)(F)F)C=C2)cc1. The van der Waals surface area contributed by atoms with Crippen molar-refractivity contribution in [1.29, 1.82) is 0 Å². The van der Waals surface area contributed by atoms with Gasteiger partial charge in [-0.05, 0) is 11.1 Å². The fourth-order valence-electron chi connectivity index (χ4n) is 1.55. The summed E-state index contributed by atoms with van der Waals surface area (Å²) in [4.78, 5) is 0. The minimum Gasteiger partial charge on any atom is -0.326 e. The van der Waals surface area contributed by atoms with Gasteiger partial charge in [0.2, 0.25) is 0 Å². The summed E-state index contributed by atoms with van der Waals surface area (Å²) in [6, 6.07) is 6.22. The lowest BCUT2D eigenvalue weighted by atomic mass is 9.92. The van der Waals surface area contributed by atoms with E-state index in [1.807, 2.05) is 0 Å². The van der Waals surface area contributed by atoms with E-state index in [-0.39, 0.29) is 5.56 Å². The molecule has 0 bridgehead atoms. The van der Waals surface area contributed by atoms with Crippen molar-refractivity contribution in [2.45, 2.75) is 18.1 Å². The van der Waals surface area contributed by atoms with Crippen molar-refractivity contribution in [3.63, 3.8) is 0 Å². The molecule has 2 N–H and O–H groups in total. The quantitative estimate of drug-likeness (QED) is 0.750. The first kappa shape index (κ1) is 10.2. The number of benzene rings is 1. The molecule has 0 amide bonds. The molecule has 80 valence electrons. The van der Waals surface area contributed by atoms with Gasteiger partial charge in [0.1, 0.15) is 5.41 Å². The van der Waals surface area contributed by atoms with Crippen LogP contribution in [0.2, 0.25) is 0 Å². The molecule has 0 aliphatic heterocycles. The van der Waals surface area contributed by atoms with Crippen LogP contribution in [0.1, 0.15) is 11.1 Å². The highest BCUT2D eigenvalue weighted by molar-refractivity contribution is 5.50. The van der Waals surface area contributed by atoms with Crippen LogP contribution in [0.4, 0.5) is 13.2 Å². The second-order valence-electron chi connectivity index (χ2n) is 3.60. The van der Waals surface area contributed by atoms with E-state index < -0.39 is 11.6 Å². The minimum atomic E-state index is -4.24. The van der Waals surface area contributed by atoms with E-state index in [2.05, 4.69) is 0 Å². The normalized spacial score (nSPS) is 17.9. The Morgan fingerprint density at radius 2 is 1.60 bits per heavy atom. The number of halogens is 3. The average Bonchev–Trinajstić information content (AvgIpc) is 2.98. The number of rotatable bonds is 2. The predicted molar refractivity (Wildman–Crippen MR) is 51.2 cm³/mol. The highest BCUT2D eigenvalue weighted by Crippen LogP contribution is 2.51. The Morgan fingerprint density at radius 3 is 1.93 bits per heavy atom. The first-order chi connectivity index (χ1) is 6.99. The molecule has 0 heterocycles. The van der Waals surface area contributed by atoms with Crippen LogP contribution in [-0.4, -0.2) is 6.18 Å². The average molecular weight is 213 g/mol. The molecular formula is C11H10F3N. The van der Waals surface area contributed by atoms with Gasteiger partial charge in [0.05, 0.1) is 0 Å². The van der Waals surface area contributed by atoms with Gasteiger partial charge in [-0.3, -0.25) is 0 Å². The summed E-state index contributed by atoms with van der Waals surface area (Å²) >= 11 is 0. The van der Waals surface area contributed by atoms with E-state index in [9.17, 15) is 13.2 Å². The molecule has 0 saturated heterocycles. The summed E-state index contributed by atoms with van der Waals surface area (Å²) < 4.78 is 38.0. The van der Waals surface area contributed by atoms with Gasteiger partial charge in [0.25, 0.3) is 0 Å². The zero-order valence-corrected chi connectivity index (χ0v) is 7.88. The van der Waals surface area contributed by atoms with Crippen molar-refractivity contribution in [1.82, 2.24) is 0 Å². The molecule has 1 aliphatic rings. The fourth-order valence-corrected chi connectivity index (χ4v) is 1.55. The summed E-state index contributed by atoms with van der Waals surface area (Å²) in [5.41, 5.74) is 4.64. The Bertz CT molecular complexity index is 383. The van der Waals surface area contributed by atoms with E-state index in [0.29, 0.717) is 6.54 Å². The molecule has 0 fully saturated rings.